The Bertz CT molecular complexity index is 4880. The minimum absolute atomic E-state index is 0.174. The van der Waals surface area contributed by atoms with Gasteiger partial charge in [0, 0.05) is 61.5 Å². The maximum Gasteiger partial charge on any atom is 0.333 e. The molecule has 0 N–H and O–H groups in total. The summed E-state index contributed by atoms with van der Waals surface area (Å²) in [4.78, 5) is 5.07. The van der Waals surface area contributed by atoms with E-state index >= 15 is 0 Å². The van der Waals surface area contributed by atoms with E-state index in [9.17, 15) is 0 Å². The van der Waals surface area contributed by atoms with E-state index in [0.29, 0.717) is 0 Å². The van der Waals surface area contributed by atoms with Gasteiger partial charge >= 0.3 is 6.85 Å². The van der Waals surface area contributed by atoms with Gasteiger partial charge in [-0.2, -0.15) is 0 Å². The highest BCUT2D eigenvalue weighted by molar-refractivity contribution is 6.90. The summed E-state index contributed by atoms with van der Waals surface area (Å²) in [7, 11) is 0. The first-order chi connectivity index (χ1) is 38.7. The zero-order valence-electron chi connectivity index (χ0n) is 42.5. The molecule has 0 unspecified atom stereocenters. The molecule has 78 heavy (non-hydrogen) atoms. The Morgan fingerprint density at radius 3 is 1.41 bits per heavy atom. The van der Waals surface area contributed by atoms with Crippen LogP contribution in [0.3, 0.4) is 0 Å². The van der Waals surface area contributed by atoms with Gasteiger partial charge in [-0.25, -0.2) is 0 Å². The van der Waals surface area contributed by atoms with Crippen LogP contribution in [0.2, 0.25) is 0 Å². The lowest BCUT2D eigenvalue weighted by atomic mass is 9.45. The van der Waals surface area contributed by atoms with Crippen molar-refractivity contribution in [1.82, 2.24) is 4.48 Å². The average molecular weight is 988 g/mol. The molecule has 3 heterocycles. The van der Waals surface area contributed by atoms with Crippen molar-refractivity contribution in [2.24, 2.45) is 0 Å². The summed E-state index contributed by atoms with van der Waals surface area (Å²) in [5.41, 5.74) is 18.9. The second kappa shape index (κ2) is 16.7. The first kappa shape index (κ1) is 43.1. The Morgan fingerprint density at radius 2 is 0.808 bits per heavy atom. The van der Waals surface area contributed by atoms with Crippen LogP contribution in [0, 0.1) is 0 Å². The predicted octanol–water partition coefficient (Wildman–Crippen LogP) is 18.8. The number of rotatable bonds is 6. The fourth-order valence-corrected chi connectivity index (χ4v) is 13.7. The third-order valence-electron chi connectivity index (χ3n) is 17.0. The molecule has 17 rings (SSSR count). The Kier molecular flexibility index (Phi) is 9.22. The Hall–Kier alpha value is -10.2. The SMILES string of the molecule is c1ccc(-c2cc(-c3ccccc3)cc(N3c4cc5cc6c7ccccc7c7ccccc7c6cc5cc4B4c5c(cc(N(c6ccccc6)c6ccccc6)cc53)-c3cc5ccccc5c5c6ccccc6n4c35)c2)cc1. The standard InChI is InChI=1S/C74H46BN3/c1-5-21-47(22-6-1)50-37-51(48-23-7-2-8-24-48)39-56(38-50)77-70-44-53-42-65-62-34-18-16-32-60(62)59-31-15-17-33-61(59)64(65)41-52(53)43-68(70)75-73-66(45-57(46-71(73)77)76(54-26-9-3-10-27-54)55-28-11-4-12-29-55)67-40-49-25-13-14-30-58(49)72-63-35-19-20-36-69(63)78(75)74(67)72/h1-46H. The summed E-state index contributed by atoms with van der Waals surface area (Å²) in [5.74, 6) is 0. The van der Waals surface area contributed by atoms with E-state index in [1.807, 2.05) is 0 Å². The van der Waals surface area contributed by atoms with Crippen LogP contribution in [-0.2, 0) is 0 Å². The number of para-hydroxylation sites is 3. The molecule has 360 valence electrons. The number of benzene rings is 14. The summed E-state index contributed by atoms with van der Waals surface area (Å²) in [6.07, 6.45) is 0. The average Bonchev–Trinajstić information content (AvgIpc) is 4.06. The van der Waals surface area contributed by atoms with Gasteiger partial charge in [-0.05, 0) is 178 Å². The van der Waals surface area contributed by atoms with Crippen molar-refractivity contribution in [3.63, 3.8) is 0 Å². The van der Waals surface area contributed by atoms with Crippen LogP contribution in [0.4, 0.5) is 34.1 Å². The second-order valence-electron chi connectivity index (χ2n) is 21.2. The molecule has 4 heteroatoms. The van der Waals surface area contributed by atoms with E-state index < -0.39 is 0 Å². The lowest BCUT2D eigenvalue weighted by molar-refractivity contribution is 1.24. The number of hydrogen-bond acceptors (Lipinski definition) is 2. The summed E-state index contributed by atoms with van der Waals surface area (Å²) in [5, 5.41) is 15.1. The van der Waals surface area contributed by atoms with Crippen LogP contribution >= 0.6 is 0 Å². The third-order valence-corrected chi connectivity index (χ3v) is 17.0. The number of anilines is 6. The quantitative estimate of drug-likeness (QED) is 0.0934. The van der Waals surface area contributed by atoms with Gasteiger partial charge in [-0.1, -0.05) is 194 Å². The Balaban J connectivity index is 1.06. The second-order valence-corrected chi connectivity index (χ2v) is 21.2. The van der Waals surface area contributed by atoms with Crippen molar-refractivity contribution in [2.45, 2.75) is 0 Å². The monoisotopic (exact) mass is 987 g/mol. The van der Waals surface area contributed by atoms with Crippen molar-refractivity contribution in [2.75, 3.05) is 9.80 Å². The fraction of sp³-hybridized carbons (Fsp3) is 0. The molecule has 0 aliphatic carbocycles. The third kappa shape index (κ3) is 6.29. The van der Waals surface area contributed by atoms with Gasteiger partial charge in [-0.3, -0.25) is 0 Å². The van der Waals surface area contributed by atoms with Crippen molar-refractivity contribution in [3.8, 4) is 33.4 Å². The maximum atomic E-state index is 2.71. The molecule has 2 aliphatic heterocycles. The topological polar surface area (TPSA) is 11.4 Å². The lowest BCUT2D eigenvalue weighted by Gasteiger charge is -2.42. The lowest BCUT2D eigenvalue weighted by Crippen LogP contribution is -2.56. The number of aromatic nitrogens is 1. The van der Waals surface area contributed by atoms with Crippen LogP contribution in [0.15, 0.2) is 279 Å². The van der Waals surface area contributed by atoms with Gasteiger partial charge in [0.2, 0.25) is 0 Å². The minimum Gasteiger partial charge on any atom is -0.375 e. The molecule has 0 amide bonds. The first-order valence-corrected chi connectivity index (χ1v) is 27.1. The molecular weight excluding hydrogens is 942 g/mol. The zero-order valence-corrected chi connectivity index (χ0v) is 42.5. The minimum atomic E-state index is -0.174. The molecule has 15 aromatic rings. The summed E-state index contributed by atoms with van der Waals surface area (Å²) in [6, 6.07) is 104. The Morgan fingerprint density at radius 1 is 0.308 bits per heavy atom. The molecule has 0 atom stereocenters. The smallest absolute Gasteiger partial charge is 0.333 e. The molecule has 0 bridgehead atoms. The molecule has 0 fully saturated rings. The summed E-state index contributed by atoms with van der Waals surface area (Å²) < 4.78 is 2.71. The zero-order chi connectivity index (χ0) is 51.0. The van der Waals surface area contributed by atoms with E-state index in [1.165, 1.54) is 109 Å². The van der Waals surface area contributed by atoms with Gasteiger partial charge < -0.3 is 14.3 Å². The number of nitrogens with zero attached hydrogens (tertiary/aromatic N) is 3. The van der Waals surface area contributed by atoms with Crippen molar-refractivity contribution in [1.29, 1.82) is 0 Å². The van der Waals surface area contributed by atoms with Crippen LogP contribution in [0.25, 0.3) is 109 Å². The molecule has 0 radical (unpaired) electrons. The maximum absolute atomic E-state index is 2.71. The van der Waals surface area contributed by atoms with Crippen LogP contribution in [0.1, 0.15) is 0 Å². The van der Waals surface area contributed by atoms with Crippen molar-refractivity contribution >= 4 is 128 Å². The van der Waals surface area contributed by atoms with Gasteiger partial charge in [0.05, 0.1) is 0 Å². The highest BCUT2D eigenvalue weighted by atomic mass is 15.2. The normalized spacial score (nSPS) is 12.6. The van der Waals surface area contributed by atoms with Crippen molar-refractivity contribution in [3.05, 3.63) is 279 Å². The largest absolute Gasteiger partial charge is 0.375 e. The van der Waals surface area contributed by atoms with Gasteiger partial charge in [0.1, 0.15) is 0 Å². The first-order valence-electron chi connectivity index (χ1n) is 27.1. The highest BCUT2D eigenvalue weighted by Crippen LogP contribution is 2.51. The van der Waals surface area contributed by atoms with E-state index in [1.54, 1.807) is 0 Å². The fourth-order valence-electron chi connectivity index (χ4n) is 13.7. The van der Waals surface area contributed by atoms with E-state index in [-0.39, 0.29) is 6.85 Å². The number of fused-ring (bicyclic) bond motifs is 16. The van der Waals surface area contributed by atoms with Crippen molar-refractivity contribution < 1.29 is 0 Å². The molecule has 0 saturated heterocycles. The van der Waals surface area contributed by atoms with Crippen LogP contribution in [-0.4, -0.2) is 11.3 Å². The molecule has 0 spiro atoms. The van der Waals surface area contributed by atoms with Gasteiger partial charge in [-0.15, -0.1) is 0 Å². The molecular formula is C74H46BN3. The highest BCUT2D eigenvalue weighted by Gasteiger charge is 2.44. The van der Waals surface area contributed by atoms with Gasteiger partial charge in [0.15, 0.2) is 0 Å². The van der Waals surface area contributed by atoms with E-state index in [4.69, 9.17) is 0 Å². The molecule has 1 aromatic heterocycles. The summed E-state index contributed by atoms with van der Waals surface area (Å²) >= 11 is 0. The molecule has 0 saturated carbocycles. The van der Waals surface area contributed by atoms with E-state index in [0.717, 1.165) is 45.3 Å². The van der Waals surface area contributed by atoms with E-state index in [2.05, 4.69) is 293 Å². The molecule has 2 aliphatic rings. The predicted molar refractivity (Wildman–Crippen MR) is 333 cm³/mol. The van der Waals surface area contributed by atoms with Gasteiger partial charge in [0.25, 0.3) is 0 Å². The molecule has 14 aromatic carbocycles. The summed E-state index contributed by atoms with van der Waals surface area (Å²) in [6.45, 7) is -0.174. The molecule has 3 nitrogen and oxygen atoms in total. The number of hydrogen-bond donors (Lipinski definition) is 0. The van der Waals surface area contributed by atoms with Crippen LogP contribution in [0.5, 0.6) is 0 Å². The Labute approximate surface area is 451 Å². The van der Waals surface area contributed by atoms with Crippen LogP contribution < -0.4 is 20.7 Å².